The molecule has 2 aromatic carbocycles. The molecule has 0 bridgehead atoms. The minimum atomic E-state index is -0.653. The standard InChI is InChI=1S/C13H10Cl2FN3O/c14-7-4-8(15)6-9(5-7)18-13(20)19-12-10(16)2-1-3-11(12)17/h1-6H,17H2,(H2,18,19,20). The molecule has 20 heavy (non-hydrogen) atoms. The molecule has 0 unspecified atom stereocenters. The lowest BCUT2D eigenvalue weighted by molar-refractivity contribution is 0.262. The normalized spacial score (nSPS) is 10.2. The van der Waals surface area contributed by atoms with E-state index in [-0.39, 0.29) is 11.4 Å². The van der Waals surface area contributed by atoms with Crippen molar-refractivity contribution in [1.29, 1.82) is 0 Å². The van der Waals surface area contributed by atoms with E-state index in [1.807, 2.05) is 0 Å². The molecule has 0 aliphatic carbocycles. The summed E-state index contributed by atoms with van der Waals surface area (Å²) in [4.78, 5) is 11.8. The zero-order chi connectivity index (χ0) is 14.7. The van der Waals surface area contributed by atoms with Crippen molar-refractivity contribution >= 4 is 46.3 Å². The molecule has 0 aliphatic rings. The summed E-state index contributed by atoms with van der Waals surface area (Å²) in [6, 6.07) is 8.03. The summed E-state index contributed by atoms with van der Waals surface area (Å²) in [6.07, 6.45) is 0. The van der Waals surface area contributed by atoms with Crippen molar-refractivity contribution in [2.24, 2.45) is 0 Å². The zero-order valence-electron chi connectivity index (χ0n) is 10.1. The number of halogens is 3. The van der Waals surface area contributed by atoms with Gasteiger partial charge in [0.2, 0.25) is 0 Å². The molecule has 0 atom stereocenters. The highest BCUT2D eigenvalue weighted by Crippen LogP contribution is 2.24. The number of urea groups is 1. The first-order chi connectivity index (χ1) is 9.45. The molecule has 7 heteroatoms. The van der Waals surface area contributed by atoms with Crippen molar-refractivity contribution in [2.75, 3.05) is 16.4 Å². The highest BCUT2D eigenvalue weighted by atomic mass is 35.5. The van der Waals surface area contributed by atoms with E-state index in [9.17, 15) is 9.18 Å². The van der Waals surface area contributed by atoms with E-state index in [2.05, 4.69) is 10.6 Å². The summed E-state index contributed by atoms with van der Waals surface area (Å²) in [5, 5.41) is 5.56. The molecule has 0 aromatic heterocycles. The van der Waals surface area contributed by atoms with Crippen LogP contribution in [0.5, 0.6) is 0 Å². The second-order valence-corrected chi connectivity index (χ2v) is 4.81. The number of anilines is 3. The van der Waals surface area contributed by atoms with Gasteiger partial charge in [-0.25, -0.2) is 9.18 Å². The van der Waals surface area contributed by atoms with Gasteiger partial charge in [0.25, 0.3) is 0 Å². The zero-order valence-corrected chi connectivity index (χ0v) is 11.6. The topological polar surface area (TPSA) is 67.1 Å². The van der Waals surface area contributed by atoms with Gasteiger partial charge in [0, 0.05) is 15.7 Å². The Kier molecular flexibility index (Phi) is 4.32. The summed E-state index contributed by atoms with van der Waals surface area (Å²) in [7, 11) is 0. The van der Waals surface area contributed by atoms with E-state index in [1.165, 1.54) is 36.4 Å². The molecule has 4 nitrogen and oxygen atoms in total. The van der Waals surface area contributed by atoms with Crippen molar-refractivity contribution in [3.8, 4) is 0 Å². The lowest BCUT2D eigenvalue weighted by Gasteiger charge is -2.11. The number of benzene rings is 2. The third-order valence-electron chi connectivity index (χ3n) is 2.40. The van der Waals surface area contributed by atoms with Crippen LogP contribution in [0.1, 0.15) is 0 Å². The van der Waals surface area contributed by atoms with E-state index in [0.717, 1.165) is 0 Å². The molecule has 0 radical (unpaired) electrons. The Balaban J connectivity index is 2.13. The van der Waals surface area contributed by atoms with Crippen LogP contribution in [-0.4, -0.2) is 6.03 Å². The fraction of sp³-hybridized carbons (Fsp3) is 0. The largest absolute Gasteiger partial charge is 0.397 e. The van der Waals surface area contributed by atoms with Crippen LogP contribution in [0, 0.1) is 5.82 Å². The molecule has 104 valence electrons. The number of nitrogens with two attached hydrogens (primary N) is 1. The van der Waals surface area contributed by atoms with Gasteiger partial charge in [-0.05, 0) is 30.3 Å². The quantitative estimate of drug-likeness (QED) is 0.721. The number of hydrogen-bond acceptors (Lipinski definition) is 2. The highest BCUT2D eigenvalue weighted by molar-refractivity contribution is 6.35. The van der Waals surface area contributed by atoms with Crippen molar-refractivity contribution in [2.45, 2.75) is 0 Å². The minimum Gasteiger partial charge on any atom is -0.397 e. The van der Waals surface area contributed by atoms with E-state index in [0.29, 0.717) is 15.7 Å². The van der Waals surface area contributed by atoms with Gasteiger partial charge in [0.15, 0.2) is 0 Å². The van der Waals surface area contributed by atoms with Gasteiger partial charge < -0.3 is 16.4 Å². The monoisotopic (exact) mass is 313 g/mol. The first-order valence-corrected chi connectivity index (χ1v) is 6.29. The van der Waals surface area contributed by atoms with Gasteiger partial charge >= 0.3 is 6.03 Å². The van der Waals surface area contributed by atoms with E-state index in [1.54, 1.807) is 0 Å². The molecule has 2 amide bonds. The predicted octanol–water partition coefficient (Wildman–Crippen LogP) is 4.36. The number of rotatable bonds is 2. The van der Waals surface area contributed by atoms with Crippen LogP contribution in [0.25, 0.3) is 0 Å². The number of nitrogens with one attached hydrogen (secondary N) is 2. The van der Waals surface area contributed by atoms with Crippen LogP contribution < -0.4 is 16.4 Å². The van der Waals surface area contributed by atoms with Crippen molar-refractivity contribution in [3.05, 3.63) is 52.3 Å². The third-order valence-corrected chi connectivity index (χ3v) is 2.84. The molecule has 0 saturated carbocycles. The number of carbonyl (C=O) groups is 1. The van der Waals surface area contributed by atoms with Crippen LogP contribution in [0.15, 0.2) is 36.4 Å². The Bertz CT molecular complexity index is 624. The van der Waals surface area contributed by atoms with Crippen LogP contribution in [0.4, 0.5) is 26.2 Å². The average Bonchev–Trinajstić information content (AvgIpc) is 2.32. The summed E-state index contributed by atoms with van der Waals surface area (Å²) in [5.41, 5.74) is 6.01. The summed E-state index contributed by atoms with van der Waals surface area (Å²) in [5.74, 6) is -0.621. The molecule has 0 saturated heterocycles. The summed E-state index contributed by atoms with van der Waals surface area (Å²) < 4.78 is 13.5. The number of carbonyl (C=O) groups excluding carboxylic acids is 1. The molecule has 4 N–H and O–H groups in total. The Morgan fingerprint density at radius 1 is 1.10 bits per heavy atom. The number of nitrogen functional groups attached to an aromatic ring is 1. The van der Waals surface area contributed by atoms with E-state index >= 15 is 0 Å². The van der Waals surface area contributed by atoms with Crippen molar-refractivity contribution in [1.82, 2.24) is 0 Å². The van der Waals surface area contributed by atoms with Gasteiger partial charge in [0.05, 0.1) is 5.69 Å². The van der Waals surface area contributed by atoms with Crippen LogP contribution >= 0.6 is 23.2 Å². The lowest BCUT2D eigenvalue weighted by Crippen LogP contribution is -2.21. The molecule has 0 aliphatic heterocycles. The van der Waals surface area contributed by atoms with Crippen LogP contribution in [0.3, 0.4) is 0 Å². The maximum Gasteiger partial charge on any atom is 0.323 e. The molecule has 0 heterocycles. The molecule has 0 spiro atoms. The summed E-state index contributed by atoms with van der Waals surface area (Å²) in [6.45, 7) is 0. The first kappa shape index (κ1) is 14.4. The second-order valence-electron chi connectivity index (χ2n) is 3.94. The SMILES string of the molecule is Nc1cccc(F)c1NC(=O)Nc1cc(Cl)cc(Cl)c1. The Morgan fingerprint density at radius 3 is 2.35 bits per heavy atom. The van der Waals surface area contributed by atoms with Crippen molar-refractivity contribution < 1.29 is 9.18 Å². The van der Waals surface area contributed by atoms with E-state index < -0.39 is 11.8 Å². The molecular weight excluding hydrogens is 304 g/mol. The van der Waals surface area contributed by atoms with E-state index in [4.69, 9.17) is 28.9 Å². The second kappa shape index (κ2) is 5.98. The molecule has 2 aromatic rings. The minimum absolute atomic E-state index is 0.0851. The Morgan fingerprint density at radius 2 is 1.75 bits per heavy atom. The van der Waals surface area contributed by atoms with Crippen LogP contribution in [-0.2, 0) is 0 Å². The summed E-state index contributed by atoms with van der Waals surface area (Å²) >= 11 is 11.6. The lowest BCUT2D eigenvalue weighted by atomic mass is 10.2. The fourth-order valence-electron chi connectivity index (χ4n) is 1.57. The van der Waals surface area contributed by atoms with Crippen molar-refractivity contribution in [3.63, 3.8) is 0 Å². The number of hydrogen-bond donors (Lipinski definition) is 3. The van der Waals surface area contributed by atoms with Gasteiger partial charge in [-0.2, -0.15) is 0 Å². The maximum absolute atomic E-state index is 13.5. The fourth-order valence-corrected chi connectivity index (χ4v) is 2.10. The average molecular weight is 314 g/mol. The highest BCUT2D eigenvalue weighted by Gasteiger charge is 2.10. The predicted molar refractivity (Wildman–Crippen MR) is 79.9 cm³/mol. The Hall–Kier alpha value is -1.98. The van der Waals surface area contributed by atoms with Gasteiger partial charge in [-0.15, -0.1) is 0 Å². The Labute approximate surface area is 124 Å². The maximum atomic E-state index is 13.5. The van der Waals surface area contributed by atoms with Gasteiger partial charge in [0.1, 0.15) is 11.5 Å². The third kappa shape index (κ3) is 3.53. The molecule has 2 rings (SSSR count). The van der Waals surface area contributed by atoms with Gasteiger partial charge in [-0.1, -0.05) is 29.3 Å². The molecular formula is C13H10Cl2FN3O. The molecule has 0 fully saturated rings. The van der Waals surface area contributed by atoms with Gasteiger partial charge in [-0.3, -0.25) is 0 Å². The number of amides is 2. The van der Waals surface area contributed by atoms with Crippen LogP contribution in [0.2, 0.25) is 10.0 Å². The number of para-hydroxylation sites is 1. The first-order valence-electron chi connectivity index (χ1n) is 5.54. The smallest absolute Gasteiger partial charge is 0.323 e.